The van der Waals surface area contributed by atoms with Crippen LogP contribution in [0.1, 0.15) is 11.1 Å². The van der Waals surface area contributed by atoms with E-state index in [2.05, 4.69) is 32.0 Å². The molecule has 0 aliphatic heterocycles. The first-order valence-electron chi connectivity index (χ1n) is 4.16. The molecule has 13 heavy (non-hydrogen) atoms. The molecule has 0 bridgehead atoms. The predicted molar refractivity (Wildman–Crippen MR) is 53.5 cm³/mol. The topological polar surface area (TPSA) is 0 Å². The van der Waals surface area contributed by atoms with E-state index in [1.807, 2.05) is 30.3 Å². The van der Waals surface area contributed by atoms with E-state index in [-0.39, 0.29) is 17.1 Å². The molecule has 0 fully saturated rings. The summed E-state index contributed by atoms with van der Waals surface area (Å²) in [6, 6.07) is 16.3. The van der Waals surface area contributed by atoms with Crippen LogP contribution < -0.4 is 0 Å². The van der Waals surface area contributed by atoms with Gasteiger partial charge in [0.05, 0.1) is 0 Å². The molecule has 2 rings (SSSR count). The van der Waals surface area contributed by atoms with Crippen LogP contribution in [-0.2, 0) is 17.1 Å². The molecule has 0 aliphatic carbocycles. The fourth-order valence-corrected chi connectivity index (χ4v) is 0.920. The Labute approximate surface area is 90.8 Å². The summed E-state index contributed by atoms with van der Waals surface area (Å²) in [4.78, 5) is 0. The van der Waals surface area contributed by atoms with Gasteiger partial charge in [0.25, 0.3) is 0 Å². The van der Waals surface area contributed by atoms with Gasteiger partial charge in [0, 0.05) is 0 Å². The van der Waals surface area contributed by atoms with E-state index in [0.29, 0.717) is 0 Å². The summed E-state index contributed by atoms with van der Waals surface area (Å²) in [7, 11) is 0. The zero-order valence-corrected chi connectivity index (χ0v) is 9.08. The van der Waals surface area contributed by atoms with Gasteiger partial charge < -0.3 is 0 Å². The molecule has 0 aromatic heterocycles. The van der Waals surface area contributed by atoms with E-state index in [0.717, 1.165) is 0 Å². The van der Waals surface area contributed by atoms with Gasteiger partial charge in [0.2, 0.25) is 0 Å². The molecule has 0 unspecified atom stereocenters. The van der Waals surface area contributed by atoms with Crippen LogP contribution in [0.3, 0.4) is 0 Å². The van der Waals surface area contributed by atoms with Crippen molar-refractivity contribution in [2.45, 2.75) is 13.8 Å². The molecule has 2 aromatic carbocycles. The molecule has 2 aromatic rings. The van der Waals surface area contributed by atoms with Crippen LogP contribution in [0.15, 0.2) is 48.5 Å². The van der Waals surface area contributed by atoms with Crippen LogP contribution >= 0.6 is 0 Å². The van der Waals surface area contributed by atoms with E-state index in [9.17, 15) is 0 Å². The van der Waals surface area contributed by atoms with Crippen LogP contribution in [0.25, 0.3) is 0 Å². The second kappa shape index (κ2) is 6.71. The third-order valence-electron chi connectivity index (χ3n) is 1.87. The average Bonchev–Trinajstić information content (AvgIpc) is 2.67. The Hall–Kier alpha value is -0.781. The van der Waals surface area contributed by atoms with E-state index in [1.54, 1.807) is 0 Å². The van der Waals surface area contributed by atoms with Gasteiger partial charge in [-0.1, -0.05) is 13.8 Å². The zero-order chi connectivity index (χ0) is 8.81. The molecule has 0 spiro atoms. The third-order valence-corrected chi connectivity index (χ3v) is 1.87. The number of hydrogen-bond acceptors (Lipinski definition) is 0. The molecular weight excluding hydrogens is 200 g/mol. The molecule has 0 radical (unpaired) electrons. The predicted octanol–water partition coefficient (Wildman–Crippen LogP) is 3.43. The van der Waals surface area contributed by atoms with Gasteiger partial charge in [0.15, 0.2) is 0 Å². The number of rotatable bonds is 0. The van der Waals surface area contributed by atoms with Crippen LogP contribution in [0, 0.1) is 13.8 Å². The first kappa shape index (κ1) is 12.2. The Bertz CT molecular complexity index is 257. The Morgan fingerprint density at radius 2 is 1.77 bits per heavy atom. The summed E-state index contributed by atoms with van der Waals surface area (Å²) in [5, 5.41) is 0. The smallest absolute Gasteiger partial charge is 0.214 e. The quantitative estimate of drug-likeness (QED) is 0.465. The Balaban J connectivity index is 0.000000215. The van der Waals surface area contributed by atoms with Gasteiger partial charge in [-0.05, 0) is 0 Å². The number of hydrogen-bond donors (Lipinski definition) is 0. The fourth-order valence-electron chi connectivity index (χ4n) is 0.920. The van der Waals surface area contributed by atoms with Crippen molar-refractivity contribution in [3.63, 3.8) is 0 Å². The molecule has 0 N–H and O–H groups in total. The maximum Gasteiger partial charge on any atom is 2.00 e. The minimum atomic E-state index is 0. The van der Waals surface area contributed by atoms with Crippen LogP contribution in [0.5, 0.6) is 0 Å². The normalized spacial score (nSPS) is 8.15. The van der Waals surface area contributed by atoms with Crippen LogP contribution in [0.4, 0.5) is 0 Å². The molecule has 0 saturated carbocycles. The van der Waals surface area contributed by atoms with Crippen molar-refractivity contribution < 1.29 is 17.1 Å². The van der Waals surface area contributed by atoms with Crippen molar-refractivity contribution in [3.05, 3.63) is 59.7 Å². The molecule has 0 aliphatic rings. The molecule has 0 heterocycles. The van der Waals surface area contributed by atoms with Crippen LogP contribution in [-0.4, -0.2) is 0 Å². The Morgan fingerprint density at radius 3 is 1.92 bits per heavy atom. The summed E-state index contributed by atoms with van der Waals surface area (Å²) < 4.78 is 0. The van der Waals surface area contributed by atoms with E-state index in [4.69, 9.17) is 0 Å². The van der Waals surface area contributed by atoms with E-state index in [1.165, 1.54) is 11.1 Å². The van der Waals surface area contributed by atoms with Gasteiger partial charge in [-0.25, -0.2) is 24.3 Å². The molecule has 0 atom stereocenters. The average molecular weight is 214 g/mol. The first-order valence-corrected chi connectivity index (χ1v) is 4.16. The summed E-state index contributed by atoms with van der Waals surface area (Å²) in [6.07, 6.45) is 0. The van der Waals surface area contributed by atoms with Crippen molar-refractivity contribution in [2.75, 3.05) is 0 Å². The second-order valence-corrected chi connectivity index (χ2v) is 2.85. The minimum Gasteiger partial charge on any atom is -0.214 e. The Morgan fingerprint density at radius 1 is 1.15 bits per heavy atom. The largest absolute Gasteiger partial charge is 2.00 e. The summed E-state index contributed by atoms with van der Waals surface area (Å²) in [6.45, 7) is 4.24. The molecule has 0 nitrogen and oxygen atoms in total. The first-order chi connectivity index (χ1) is 5.80. The van der Waals surface area contributed by atoms with Gasteiger partial charge in [-0.2, -0.15) is 35.4 Å². The fraction of sp³-hybridized carbons (Fsp3) is 0.167. The van der Waals surface area contributed by atoms with Crippen molar-refractivity contribution in [1.29, 1.82) is 0 Å². The zero-order valence-electron chi connectivity index (χ0n) is 7.97. The standard InChI is InChI=1S/C7H9.C5H5.Fe/c1-6-4-3-5-7(6)2;1-2-4-5-3-1;/h3-5H,1-2H3;1-5H;/q2*-1;+2. The minimum absolute atomic E-state index is 0. The van der Waals surface area contributed by atoms with Crippen molar-refractivity contribution in [3.8, 4) is 0 Å². The van der Waals surface area contributed by atoms with Gasteiger partial charge >= 0.3 is 17.1 Å². The van der Waals surface area contributed by atoms with Gasteiger partial charge in [-0.15, -0.1) is 0 Å². The van der Waals surface area contributed by atoms with Crippen molar-refractivity contribution >= 4 is 0 Å². The summed E-state index contributed by atoms with van der Waals surface area (Å²) >= 11 is 0. The molecule has 1 heteroatoms. The summed E-state index contributed by atoms with van der Waals surface area (Å²) in [5.41, 5.74) is 2.78. The molecular formula is C12H14Fe. The summed E-state index contributed by atoms with van der Waals surface area (Å²) in [5.74, 6) is 0. The van der Waals surface area contributed by atoms with Crippen molar-refractivity contribution in [1.82, 2.24) is 0 Å². The van der Waals surface area contributed by atoms with E-state index < -0.39 is 0 Å². The van der Waals surface area contributed by atoms with Gasteiger partial charge in [0.1, 0.15) is 0 Å². The third kappa shape index (κ3) is 4.72. The molecule has 0 saturated heterocycles. The van der Waals surface area contributed by atoms with Crippen molar-refractivity contribution in [2.24, 2.45) is 0 Å². The van der Waals surface area contributed by atoms with Crippen LogP contribution in [0.2, 0.25) is 0 Å². The van der Waals surface area contributed by atoms with E-state index >= 15 is 0 Å². The SMILES string of the molecule is Cc1ccc[c-]1C.[Fe+2].c1cc[cH-]c1. The van der Waals surface area contributed by atoms with Gasteiger partial charge in [-0.3, -0.25) is 0 Å². The molecule has 0 amide bonds. The maximum absolute atomic E-state index is 2.12. The Kier molecular flexibility index (Phi) is 6.30. The maximum atomic E-state index is 2.12. The monoisotopic (exact) mass is 214 g/mol. The number of aryl methyl sites for hydroxylation is 2. The molecule has 70 valence electrons. The second-order valence-electron chi connectivity index (χ2n) is 2.85.